The van der Waals surface area contributed by atoms with Gasteiger partial charge in [-0.1, -0.05) is 41.5 Å². The van der Waals surface area contributed by atoms with E-state index in [9.17, 15) is 0 Å². The standard InChI is InChI=1S/C51H75N6/c1-34-43(28-55-19-16-52(31-55)25-37-10-13-40-22-46(37)49(40,4)5)35(2)45(30-57-21-18-54(33-57)27-39-12-15-42-24-48(39)51(42,8)9)36(3)44(34)29-56-20-17-53(32-56)26-38-11-14-41-23-47(38)50(41,6)7/h16-21,31-33,37-42,46-48H,10-15,22-30H2,1-9H3/q+3/t37-,38-,39-,40-,41-,42-,46-,47-,48-/m1/s1. The van der Waals surface area contributed by atoms with Crippen molar-refractivity contribution in [2.45, 2.75) is 159 Å². The third-order valence-corrected chi connectivity index (χ3v) is 19.3. The predicted molar refractivity (Wildman–Crippen MR) is 226 cm³/mol. The molecule has 13 rings (SSSR count). The number of rotatable bonds is 12. The van der Waals surface area contributed by atoms with Crippen LogP contribution in [0.3, 0.4) is 0 Å². The van der Waals surface area contributed by atoms with Gasteiger partial charge in [-0.05, 0) is 147 Å². The molecule has 6 nitrogen and oxygen atoms in total. The van der Waals surface area contributed by atoms with Crippen molar-refractivity contribution in [3.05, 3.63) is 89.5 Å². The molecule has 57 heavy (non-hydrogen) atoms. The Balaban J connectivity index is 0.911. The Hall–Kier alpha value is -3.15. The highest BCUT2D eigenvalue weighted by atomic mass is 15.1. The van der Waals surface area contributed by atoms with E-state index in [1.54, 1.807) is 0 Å². The number of fused-ring (bicyclic) bond motifs is 6. The number of aromatic nitrogens is 6. The predicted octanol–water partition coefficient (Wildman–Crippen LogP) is 9.24. The average Bonchev–Trinajstić information content (AvgIpc) is 3.95. The minimum atomic E-state index is 0.535. The van der Waals surface area contributed by atoms with Gasteiger partial charge in [0.15, 0.2) is 0 Å². The van der Waals surface area contributed by atoms with Crippen LogP contribution >= 0.6 is 0 Å². The summed E-state index contributed by atoms with van der Waals surface area (Å²) in [6.45, 7) is 28.7. The summed E-state index contributed by atoms with van der Waals surface area (Å²) in [6.07, 6.45) is 34.1. The molecule has 0 N–H and O–H groups in total. The van der Waals surface area contributed by atoms with Crippen molar-refractivity contribution in [3.8, 4) is 0 Å². The minimum Gasteiger partial charge on any atom is -0.237 e. The molecule has 306 valence electrons. The number of imidazole rings is 3. The molecule has 9 atom stereocenters. The van der Waals surface area contributed by atoms with Gasteiger partial charge >= 0.3 is 0 Å². The lowest BCUT2D eigenvalue weighted by molar-refractivity contribution is -0.690. The highest BCUT2D eigenvalue weighted by Crippen LogP contribution is 2.63. The van der Waals surface area contributed by atoms with Crippen LogP contribution in [0.2, 0.25) is 0 Å². The largest absolute Gasteiger partial charge is 0.244 e. The first-order chi connectivity index (χ1) is 27.2. The maximum atomic E-state index is 2.53. The number of nitrogens with zero attached hydrogens (tertiary/aromatic N) is 6. The third-order valence-electron chi connectivity index (χ3n) is 19.3. The van der Waals surface area contributed by atoms with Crippen LogP contribution < -0.4 is 13.7 Å². The van der Waals surface area contributed by atoms with Gasteiger partial charge in [0.05, 0.1) is 19.6 Å². The van der Waals surface area contributed by atoms with E-state index < -0.39 is 0 Å². The second kappa shape index (κ2) is 13.7. The van der Waals surface area contributed by atoms with Gasteiger partial charge in [0.2, 0.25) is 19.0 Å². The van der Waals surface area contributed by atoms with Crippen molar-refractivity contribution in [3.63, 3.8) is 0 Å². The molecule has 0 radical (unpaired) electrons. The van der Waals surface area contributed by atoms with Crippen LogP contribution in [-0.2, 0) is 39.3 Å². The first-order valence-electron chi connectivity index (χ1n) is 23.4. The second-order valence-corrected chi connectivity index (χ2v) is 22.8. The summed E-state index contributed by atoms with van der Waals surface area (Å²) >= 11 is 0. The molecule has 3 heterocycles. The van der Waals surface area contributed by atoms with E-state index in [1.807, 2.05) is 0 Å². The first-order valence-corrected chi connectivity index (χ1v) is 23.4. The first kappa shape index (κ1) is 38.1. The van der Waals surface area contributed by atoms with Gasteiger partial charge in [-0.25, -0.2) is 27.4 Å². The van der Waals surface area contributed by atoms with Crippen molar-refractivity contribution in [2.24, 2.45) is 69.5 Å². The summed E-state index contributed by atoms with van der Waals surface area (Å²) in [5.74, 6) is 7.98. The average molecular weight is 772 g/mol. The normalized spacial score (nSPS) is 32.7. The molecule has 9 aliphatic rings. The van der Waals surface area contributed by atoms with Gasteiger partial charge in [-0.15, -0.1) is 0 Å². The van der Waals surface area contributed by atoms with Crippen LogP contribution in [0, 0.1) is 90.3 Å². The zero-order chi connectivity index (χ0) is 39.6. The van der Waals surface area contributed by atoms with Crippen molar-refractivity contribution >= 4 is 0 Å². The molecule has 0 spiro atoms. The van der Waals surface area contributed by atoms with E-state index in [4.69, 9.17) is 0 Å². The van der Waals surface area contributed by atoms with E-state index in [0.717, 1.165) is 92.5 Å². The highest BCUT2D eigenvalue weighted by molar-refractivity contribution is 5.50. The molecule has 6 bridgehead atoms. The van der Waals surface area contributed by atoms with Crippen molar-refractivity contribution in [2.75, 3.05) is 0 Å². The fourth-order valence-electron chi connectivity index (χ4n) is 14.9. The molecule has 9 saturated carbocycles. The van der Waals surface area contributed by atoms with Gasteiger partial charge in [-0.3, -0.25) is 0 Å². The Labute approximate surface area is 344 Å². The van der Waals surface area contributed by atoms with Crippen LogP contribution in [-0.4, -0.2) is 13.7 Å². The van der Waals surface area contributed by atoms with Crippen molar-refractivity contribution < 1.29 is 13.7 Å². The van der Waals surface area contributed by atoms with Crippen LogP contribution in [0.25, 0.3) is 0 Å². The van der Waals surface area contributed by atoms with Gasteiger partial charge in [0, 0.05) is 34.4 Å². The van der Waals surface area contributed by atoms with Crippen LogP contribution in [0.5, 0.6) is 0 Å². The van der Waals surface area contributed by atoms with Crippen LogP contribution in [0.15, 0.2) is 56.2 Å². The molecule has 0 amide bonds. The lowest BCUT2D eigenvalue weighted by atomic mass is 9.45. The number of benzene rings is 1. The smallest absolute Gasteiger partial charge is 0.237 e. The molecule has 0 aliphatic heterocycles. The van der Waals surface area contributed by atoms with E-state index in [1.165, 1.54) is 91.2 Å². The lowest BCUT2D eigenvalue weighted by Gasteiger charge is -2.59. The van der Waals surface area contributed by atoms with Crippen molar-refractivity contribution in [1.29, 1.82) is 0 Å². The van der Waals surface area contributed by atoms with Gasteiger partial charge < -0.3 is 0 Å². The molecule has 1 aromatic carbocycles. The molecule has 9 fully saturated rings. The molecule has 9 aliphatic carbocycles. The second-order valence-electron chi connectivity index (χ2n) is 22.8. The summed E-state index contributed by atoms with van der Waals surface area (Å²) in [4.78, 5) is 0. The van der Waals surface area contributed by atoms with E-state index in [0.29, 0.717) is 16.2 Å². The Bertz CT molecular complexity index is 1870. The fourth-order valence-corrected chi connectivity index (χ4v) is 14.9. The van der Waals surface area contributed by atoms with Crippen LogP contribution in [0.1, 0.15) is 133 Å². The number of hydrogen-bond donors (Lipinski definition) is 0. The SMILES string of the molecule is Cc1c(C[n+]2ccn(C[C@H]3CC[C@@H]4C[C@H]3C4(C)C)c2)c(C)c(C[n+]2ccn(C[C@H]3CC[C@@H]4C[C@H]3C4(C)C)c2)c(C)c1C[n+]1ccn(C[C@H]2CC[C@@H]3C[C@H]2C3(C)C)c1. The maximum Gasteiger partial charge on any atom is 0.244 e. The van der Waals surface area contributed by atoms with Gasteiger partial charge in [0.1, 0.15) is 56.8 Å². The summed E-state index contributed by atoms with van der Waals surface area (Å²) < 4.78 is 14.9. The quantitative estimate of drug-likeness (QED) is 0.129. The minimum absolute atomic E-state index is 0.535. The Morgan fingerprint density at radius 3 is 0.982 bits per heavy atom. The van der Waals surface area contributed by atoms with Gasteiger partial charge in [-0.2, -0.15) is 0 Å². The zero-order valence-corrected chi connectivity index (χ0v) is 37.2. The monoisotopic (exact) mass is 772 g/mol. The van der Waals surface area contributed by atoms with E-state index >= 15 is 0 Å². The Morgan fingerprint density at radius 1 is 0.456 bits per heavy atom. The lowest BCUT2D eigenvalue weighted by Crippen LogP contribution is -2.53. The third kappa shape index (κ3) is 6.34. The molecular weight excluding hydrogens is 697 g/mol. The van der Waals surface area contributed by atoms with Gasteiger partial charge in [0.25, 0.3) is 0 Å². The fraction of sp³-hybridized carbons (Fsp3) is 0.706. The summed E-state index contributed by atoms with van der Waals surface area (Å²) in [6, 6.07) is 0. The van der Waals surface area contributed by atoms with Crippen molar-refractivity contribution in [1.82, 2.24) is 13.7 Å². The molecule has 4 aromatic rings. The molecule has 0 unspecified atom stereocenters. The molecule has 0 saturated heterocycles. The summed E-state index contributed by atoms with van der Waals surface area (Å²) in [5.41, 5.74) is 10.5. The summed E-state index contributed by atoms with van der Waals surface area (Å²) in [5, 5.41) is 0. The molecule has 6 heteroatoms. The topological polar surface area (TPSA) is 26.4 Å². The molecule has 3 aromatic heterocycles. The Kier molecular flexibility index (Phi) is 9.15. The Morgan fingerprint density at radius 2 is 0.737 bits per heavy atom. The van der Waals surface area contributed by atoms with Crippen LogP contribution in [0.4, 0.5) is 0 Å². The summed E-state index contributed by atoms with van der Waals surface area (Å²) in [7, 11) is 0. The van der Waals surface area contributed by atoms with E-state index in [-0.39, 0.29) is 0 Å². The van der Waals surface area contributed by atoms with E-state index in [2.05, 4.69) is 146 Å². The maximum absolute atomic E-state index is 2.53. The molecular formula is C51H75N6+3. The zero-order valence-electron chi connectivity index (χ0n) is 37.2. The number of hydrogen-bond acceptors (Lipinski definition) is 0. The highest BCUT2D eigenvalue weighted by Gasteiger charge is 2.56.